The quantitative estimate of drug-likeness (QED) is 0.147. The molecule has 4 aromatic rings. The van der Waals surface area contributed by atoms with Crippen LogP contribution in [-0.2, 0) is 4.79 Å². The van der Waals surface area contributed by atoms with Crippen molar-refractivity contribution >= 4 is 73.8 Å². The first-order valence-corrected chi connectivity index (χ1v) is 12.4. The molecule has 0 radical (unpaired) electrons. The van der Waals surface area contributed by atoms with Crippen molar-refractivity contribution in [3.8, 4) is 0 Å². The van der Waals surface area contributed by atoms with Gasteiger partial charge in [0.25, 0.3) is 17.5 Å². The molecule has 12 nitrogen and oxygen atoms in total. The zero-order valence-electron chi connectivity index (χ0n) is 18.7. The Morgan fingerprint density at radius 3 is 2.53 bits per heavy atom. The zero-order valence-corrected chi connectivity index (χ0v) is 20.4. The smallest absolute Gasteiger partial charge is 0.306 e. The second kappa shape index (κ2) is 9.60. The SMILES string of the molecule is O=C(CSc1nc2ccc(N3C(=O)c4cccc([N+](=O)[O-])c4C3=O)cc2s1)Nc1ccc(F)c([N+](=O)[O-])c1. The number of nitrogens with zero attached hydrogens (tertiary/aromatic N) is 4. The molecule has 38 heavy (non-hydrogen) atoms. The van der Waals surface area contributed by atoms with Crippen molar-refractivity contribution in [1.29, 1.82) is 0 Å². The molecule has 3 aromatic carbocycles. The predicted octanol–water partition coefficient (Wildman–Crippen LogP) is 4.78. The van der Waals surface area contributed by atoms with E-state index in [1.54, 1.807) is 12.1 Å². The van der Waals surface area contributed by atoms with Gasteiger partial charge in [-0.15, -0.1) is 11.3 Å². The molecule has 0 spiro atoms. The molecule has 0 unspecified atom stereocenters. The summed E-state index contributed by atoms with van der Waals surface area (Å²) >= 11 is 2.28. The van der Waals surface area contributed by atoms with E-state index in [2.05, 4.69) is 10.3 Å². The van der Waals surface area contributed by atoms with Crippen LogP contribution in [-0.4, -0.2) is 38.3 Å². The first-order chi connectivity index (χ1) is 18.1. The van der Waals surface area contributed by atoms with Gasteiger partial charge in [0.05, 0.1) is 37.1 Å². The van der Waals surface area contributed by atoms with Crippen LogP contribution in [0.4, 0.5) is 27.1 Å². The van der Waals surface area contributed by atoms with Crippen LogP contribution in [0, 0.1) is 26.0 Å². The van der Waals surface area contributed by atoms with Crippen molar-refractivity contribution in [3.63, 3.8) is 0 Å². The number of benzene rings is 3. The van der Waals surface area contributed by atoms with Crippen LogP contribution in [0.25, 0.3) is 10.2 Å². The zero-order chi connectivity index (χ0) is 27.1. The lowest BCUT2D eigenvalue weighted by Gasteiger charge is -2.13. The summed E-state index contributed by atoms with van der Waals surface area (Å²) in [4.78, 5) is 64.1. The van der Waals surface area contributed by atoms with Gasteiger partial charge in [-0.05, 0) is 36.4 Å². The highest BCUT2D eigenvalue weighted by Crippen LogP contribution is 2.37. The van der Waals surface area contributed by atoms with Gasteiger partial charge in [0, 0.05) is 17.8 Å². The number of nitro groups is 2. The number of fused-ring (bicyclic) bond motifs is 2. The van der Waals surface area contributed by atoms with Crippen molar-refractivity contribution in [2.75, 3.05) is 16.0 Å². The van der Waals surface area contributed by atoms with Crippen molar-refractivity contribution < 1.29 is 28.6 Å². The lowest BCUT2D eigenvalue weighted by atomic mass is 10.1. The monoisotopic (exact) mass is 553 g/mol. The molecule has 5 rings (SSSR count). The van der Waals surface area contributed by atoms with Gasteiger partial charge in [0.15, 0.2) is 4.34 Å². The topological polar surface area (TPSA) is 166 Å². The Morgan fingerprint density at radius 1 is 1.03 bits per heavy atom. The highest BCUT2D eigenvalue weighted by molar-refractivity contribution is 8.01. The van der Waals surface area contributed by atoms with Gasteiger partial charge in [-0.1, -0.05) is 17.8 Å². The molecule has 3 amide bonds. The second-order valence-electron chi connectivity index (χ2n) is 7.79. The lowest BCUT2D eigenvalue weighted by molar-refractivity contribution is -0.387. The van der Waals surface area contributed by atoms with Gasteiger partial charge in [0.2, 0.25) is 11.7 Å². The molecule has 1 N–H and O–H groups in total. The van der Waals surface area contributed by atoms with Crippen molar-refractivity contribution in [2.45, 2.75) is 4.34 Å². The van der Waals surface area contributed by atoms with Crippen LogP contribution in [0.5, 0.6) is 0 Å². The van der Waals surface area contributed by atoms with E-state index in [9.17, 15) is 39.0 Å². The molecule has 2 heterocycles. The fourth-order valence-electron chi connectivity index (χ4n) is 3.80. The maximum atomic E-state index is 13.5. The van der Waals surface area contributed by atoms with Crippen molar-refractivity contribution in [3.05, 3.63) is 91.8 Å². The van der Waals surface area contributed by atoms with Gasteiger partial charge >= 0.3 is 5.69 Å². The number of anilines is 2. The number of rotatable bonds is 7. The summed E-state index contributed by atoms with van der Waals surface area (Å²) in [5.41, 5.74) is -0.700. The number of imide groups is 1. The Kier molecular flexibility index (Phi) is 6.30. The Bertz CT molecular complexity index is 1710. The largest absolute Gasteiger partial charge is 0.325 e. The van der Waals surface area contributed by atoms with Crippen LogP contribution in [0.2, 0.25) is 0 Å². The Labute approximate surface area is 219 Å². The average Bonchev–Trinajstić information content (AvgIpc) is 3.41. The molecule has 15 heteroatoms. The molecule has 0 aliphatic carbocycles. The summed E-state index contributed by atoms with van der Waals surface area (Å²) in [6.45, 7) is 0. The molecule has 0 saturated heterocycles. The highest BCUT2D eigenvalue weighted by Gasteiger charge is 2.41. The number of amides is 3. The lowest BCUT2D eigenvalue weighted by Crippen LogP contribution is -2.29. The fraction of sp³-hybridized carbons (Fsp3) is 0.0435. The second-order valence-corrected chi connectivity index (χ2v) is 10.0. The first kappa shape index (κ1) is 24.9. The van der Waals surface area contributed by atoms with Gasteiger partial charge < -0.3 is 5.32 Å². The van der Waals surface area contributed by atoms with E-state index in [-0.39, 0.29) is 28.3 Å². The molecular formula is C23H12FN5O7S2. The molecular weight excluding hydrogens is 541 g/mol. The van der Waals surface area contributed by atoms with Crippen LogP contribution in [0.1, 0.15) is 20.7 Å². The van der Waals surface area contributed by atoms with Crippen LogP contribution >= 0.6 is 23.1 Å². The van der Waals surface area contributed by atoms with E-state index < -0.39 is 44.8 Å². The summed E-state index contributed by atoms with van der Waals surface area (Å²) in [7, 11) is 0. The van der Waals surface area contributed by atoms with Crippen LogP contribution in [0.3, 0.4) is 0 Å². The minimum absolute atomic E-state index is 0.0534. The van der Waals surface area contributed by atoms with Crippen molar-refractivity contribution in [1.82, 2.24) is 4.98 Å². The molecule has 1 aliphatic heterocycles. The molecule has 190 valence electrons. The summed E-state index contributed by atoms with van der Waals surface area (Å²) in [6, 6.07) is 11.5. The number of carbonyl (C=O) groups is 3. The Balaban J connectivity index is 1.31. The van der Waals surface area contributed by atoms with E-state index in [1.165, 1.54) is 35.6 Å². The third kappa shape index (κ3) is 4.44. The normalized spacial score (nSPS) is 12.6. The standard InChI is InChI=1S/C23H12FN5O7S2/c24-14-6-4-11(8-17(14)29(35)36)25-19(30)10-37-23-26-15-7-5-12(9-18(15)38-23)27-21(31)13-2-1-3-16(28(33)34)20(13)22(27)32/h1-9H,10H2,(H,25,30). The maximum absolute atomic E-state index is 13.5. The van der Waals surface area contributed by atoms with Crippen molar-refractivity contribution in [2.24, 2.45) is 0 Å². The molecule has 1 aliphatic rings. The van der Waals surface area contributed by atoms with Gasteiger partial charge in [-0.3, -0.25) is 34.6 Å². The van der Waals surface area contributed by atoms with E-state index in [0.717, 1.165) is 34.9 Å². The molecule has 0 bridgehead atoms. The van der Waals surface area contributed by atoms with Crippen LogP contribution in [0.15, 0.2) is 58.9 Å². The van der Waals surface area contributed by atoms with Crippen LogP contribution < -0.4 is 10.2 Å². The van der Waals surface area contributed by atoms with E-state index in [1.807, 2.05) is 0 Å². The number of thioether (sulfide) groups is 1. The van der Waals surface area contributed by atoms with Gasteiger partial charge in [-0.2, -0.15) is 4.39 Å². The number of aromatic nitrogens is 1. The van der Waals surface area contributed by atoms with E-state index in [0.29, 0.717) is 14.6 Å². The summed E-state index contributed by atoms with van der Waals surface area (Å²) in [5, 5.41) is 24.7. The number of nitrogens with one attached hydrogen (secondary N) is 1. The molecule has 0 fully saturated rings. The molecule has 0 saturated carbocycles. The predicted molar refractivity (Wildman–Crippen MR) is 136 cm³/mol. The van der Waals surface area contributed by atoms with E-state index >= 15 is 0 Å². The number of nitro benzene ring substituents is 2. The number of hydrogen-bond acceptors (Lipinski definition) is 10. The minimum atomic E-state index is -1.02. The minimum Gasteiger partial charge on any atom is -0.325 e. The van der Waals surface area contributed by atoms with Gasteiger partial charge in [0.1, 0.15) is 5.56 Å². The summed E-state index contributed by atoms with van der Waals surface area (Å²) in [5.74, 6) is -3.09. The number of thiazole rings is 1. The Morgan fingerprint density at radius 2 is 1.79 bits per heavy atom. The number of carbonyl (C=O) groups excluding carboxylic acids is 3. The van der Waals surface area contributed by atoms with E-state index in [4.69, 9.17) is 0 Å². The third-order valence-electron chi connectivity index (χ3n) is 5.45. The summed E-state index contributed by atoms with van der Waals surface area (Å²) in [6.07, 6.45) is 0. The average molecular weight is 554 g/mol. The number of hydrogen-bond donors (Lipinski definition) is 1. The highest BCUT2D eigenvalue weighted by atomic mass is 32.2. The first-order valence-electron chi connectivity index (χ1n) is 10.6. The third-order valence-corrected chi connectivity index (χ3v) is 7.61. The maximum Gasteiger partial charge on any atom is 0.306 e. The van der Waals surface area contributed by atoms with Gasteiger partial charge in [-0.25, -0.2) is 9.88 Å². The summed E-state index contributed by atoms with van der Waals surface area (Å²) < 4.78 is 14.6. The fourth-order valence-corrected chi connectivity index (χ4v) is 5.70. The Hall–Kier alpha value is -4.76. The molecule has 1 aromatic heterocycles. The molecule has 0 atom stereocenters. The number of halogens is 1.